The van der Waals surface area contributed by atoms with Crippen molar-refractivity contribution in [2.75, 3.05) is 11.2 Å². The Morgan fingerprint density at radius 3 is 2.56 bits per heavy atom. The molecule has 7 nitrogen and oxygen atoms in total. The zero-order valence-corrected chi connectivity index (χ0v) is 16.2. The van der Waals surface area contributed by atoms with Crippen LogP contribution in [-0.4, -0.2) is 47.4 Å². The zero-order valence-electron chi connectivity index (χ0n) is 15.4. The number of fused-ring (bicyclic) bond motifs is 5. The highest BCUT2D eigenvalue weighted by atomic mass is 32.2. The minimum Gasteiger partial charge on any atom is -0.350 e. The molecule has 0 N–H and O–H groups in total. The van der Waals surface area contributed by atoms with Crippen molar-refractivity contribution < 1.29 is 12.6 Å². The van der Waals surface area contributed by atoms with Crippen LogP contribution in [0.15, 0.2) is 30.6 Å². The highest BCUT2D eigenvalue weighted by Crippen LogP contribution is 2.40. The molecule has 2 fully saturated rings. The van der Waals surface area contributed by atoms with Crippen molar-refractivity contribution >= 4 is 37.9 Å². The van der Waals surface area contributed by atoms with E-state index in [9.17, 15) is 8.42 Å². The van der Waals surface area contributed by atoms with Gasteiger partial charge in [-0.3, -0.25) is 9.17 Å². The molecule has 8 heteroatoms. The number of aromatic nitrogens is 3. The summed E-state index contributed by atoms with van der Waals surface area (Å²) >= 11 is 0. The minimum absolute atomic E-state index is 0.221. The zero-order chi connectivity index (χ0) is 18.8. The third-order valence-electron chi connectivity index (χ3n) is 5.89. The van der Waals surface area contributed by atoms with E-state index in [2.05, 4.69) is 26.6 Å². The largest absolute Gasteiger partial charge is 0.350 e. The van der Waals surface area contributed by atoms with Gasteiger partial charge >= 0.3 is 0 Å². The van der Waals surface area contributed by atoms with E-state index >= 15 is 0 Å². The first-order valence-electron chi connectivity index (χ1n) is 9.26. The Morgan fingerprint density at radius 2 is 1.85 bits per heavy atom. The maximum Gasteiger partial charge on any atom is 0.264 e. The molecule has 2 bridgehead atoms. The van der Waals surface area contributed by atoms with Crippen molar-refractivity contribution in [1.82, 2.24) is 14.5 Å². The third-order valence-corrected chi connectivity index (χ3v) is 6.51. The summed E-state index contributed by atoms with van der Waals surface area (Å²) < 4.78 is 30.4. The molecule has 2 aliphatic heterocycles. The van der Waals surface area contributed by atoms with Gasteiger partial charge in [0.15, 0.2) is 0 Å². The van der Waals surface area contributed by atoms with Gasteiger partial charge in [-0.05, 0) is 43.9 Å². The second-order valence-corrected chi connectivity index (χ2v) is 9.28. The minimum atomic E-state index is -3.42. The summed E-state index contributed by atoms with van der Waals surface area (Å²) in [7, 11) is -1.39. The lowest BCUT2D eigenvalue weighted by Gasteiger charge is -2.39. The van der Waals surface area contributed by atoms with Gasteiger partial charge in [-0.1, -0.05) is 0 Å². The fraction of sp³-hybridized carbons (Fsp3) is 0.474. The molecule has 3 aromatic heterocycles. The average Bonchev–Trinajstić information content (AvgIpc) is 3.06. The first kappa shape index (κ1) is 16.9. The molecule has 0 aliphatic carbocycles. The van der Waals surface area contributed by atoms with Crippen molar-refractivity contribution in [3.63, 3.8) is 0 Å². The number of rotatable bonds is 3. The molecule has 5 rings (SSSR count). The van der Waals surface area contributed by atoms with Gasteiger partial charge in [0.1, 0.15) is 11.5 Å². The number of piperidine rings is 1. The predicted molar refractivity (Wildman–Crippen MR) is 104 cm³/mol. The van der Waals surface area contributed by atoms with E-state index in [1.165, 1.54) is 0 Å². The average molecular weight is 386 g/mol. The molecule has 142 valence electrons. The number of pyridine rings is 2. The second-order valence-electron chi connectivity index (χ2n) is 7.68. The van der Waals surface area contributed by atoms with E-state index in [0.29, 0.717) is 0 Å². The molecular weight excluding hydrogens is 364 g/mol. The van der Waals surface area contributed by atoms with E-state index < -0.39 is 10.1 Å². The first-order valence-corrected chi connectivity index (χ1v) is 11.1. The molecule has 5 heterocycles. The first-order chi connectivity index (χ1) is 12.9. The molecule has 0 amide bonds. The Kier molecular flexibility index (Phi) is 3.70. The van der Waals surface area contributed by atoms with E-state index in [1.54, 1.807) is 6.20 Å². The van der Waals surface area contributed by atoms with Gasteiger partial charge in [0, 0.05) is 42.3 Å². The number of anilines is 1. The van der Waals surface area contributed by atoms with Crippen LogP contribution in [-0.2, 0) is 21.3 Å². The monoisotopic (exact) mass is 386 g/mol. The van der Waals surface area contributed by atoms with Crippen molar-refractivity contribution in [1.29, 1.82) is 0 Å². The summed E-state index contributed by atoms with van der Waals surface area (Å²) in [5.41, 5.74) is 2.07. The van der Waals surface area contributed by atoms with Gasteiger partial charge in [0.05, 0.1) is 17.9 Å². The van der Waals surface area contributed by atoms with Crippen LogP contribution >= 0.6 is 0 Å². The fourth-order valence-electron chi connectivity index (χ4n) is 4.88. The normalized spacial score (nSPS) is 25.6. The molecule has 3 aromatic rings. The molecular formula is C19H22N4O3S. The van der Waals surface area contributed by atoms with Crippen LogP contribution in [0.3, 0.4) is 0 Å². The SMILES string of the molecule is Cn1c2ccncc2c2ccc(N3[C@@H]4CC[C@H]3CC(OS(C)(=O)=O)C4)nc21. The molecule has 0 radical (unpaired) electrons. The molecule has 0 spiro atoms. The molecule has 27 heavy (non-hydrogen) atoms. The van der Waals surface area contributed by atoms with Crippen LogP contribution in [0.1, 0.15) is 25.7 Å². The maximum atomic E-state index is 11.5. The van der Waals surface area contributed by atoms with E-state index in [4.69, 9.17) is 9.17 Å². The summed E-state index contributed by atoms with van der Waals surface area (Å²) in [4.78, 5) is 11.6. The number of hydrogen-bond acceptors (Lipinski definition) is 6. The van der Waals surface area contributed by atoms with Crippen molar-refractivity contribution in [3.8, 4) is 0 Å². The predicted octanol–water partition coefficient (Wildman–Crippen LogP) is 2.60. The molecule has 0 saturated carbocycles. The lowest BCUT2D eigenvalue weighted by atomic mass is 10.00. The lowest BCUT2D eigenvalue weighted by Crippen LogP contribution is -2.46. The Balaban J connectivity index is 1.51. The van der Waals surface area contributed by atoms with Crippen molar-refractivity contribution in [3.05, 3.63) is 30.6 Å². The van der Waals surface area contributed by atoms with Crippen LogP contribution in [0.4, 0.5) is 5.82 Å². The summed E-state index contributed by atoms with van der Waals surface area (Å²) in [6.45, 7) is 0. The molecule has 2 saturated heterocycles. The smallest absolute Gasteiger partial charge is 0.264 e. The number of nitrogens with zero attached hydrogens (tertiary/aromatic N) is 4. The molecule has 2 aliphatic rings. The van der Waals surface area contributed by atoms with Crippen molar-refractivity contribution in [2.45, 2.75) is 43.9 Å². The molecule has 1 unspecified atom stereocenters. The summed E-state index contributed by atoms with van der Waals surface area (Å²) in [5.74, 6) is 0.965. The van der Waals surface area contributed by atoms with Gasteiger partial charge < -0.3 is 9.47 Å². The summed E-state index contributed by atoms with van der Waals surface area (Å²) in [5, 5.41) is 2.21. The van der Waals surface area contributed by atoms with Gasteiger partial charge in [-0.2, -0.15) is 8.42 Å². The quantitative estimate of drug-likeness (QED) is 0.644. The topological polar surface area (TPSA) is 77.3 Å². The highest BCUT2D eigenvalue weighted by Gasteiger charge is 2.42. The standard InChI is InChI=1S/C19H22N4O3S/c1-22-17-7-8-20-11-16(17)15-5-6-18(21-19(15)22)23-12-3-4-13(23)10-14(9-12)26-27(2,24)25/h5-8,11-14H,3-4,9-10H2,1-2H3/t12-,13+,14?. The van der Waals surface area contributed by atoms with Crippen LogP contribution in [0.25, 0.3) is 21.9 Å². The maximum absolute atomic E-state index is 11.5. The van der Waals surface area contributed by atoms with Crippen molar-refractivity contribution in [2.24, 2.45) is 7.05 Å². The third kappa shape index (κ3) is 2.78. The van der Waals surface area contributed by atoms with Gasteiger partial charge in [-0.15, -0.1) is 0 Å². The van der Waals surface area contributed by atoms with Gasteiger partial charge in [-0.25, -0.2) is 4.98 Å². The van der Waals surface area contributed by atoms with E-state index in [0.717, 1.165) is 59.7 Å². The van der Waals surface area contributed by atoms with Gasteiger partial charge in [0.2, 0.25) is 0 Å². The molecule has 3 atom stereocenters. The Morgan fingerprint density at radius 1 is 1.11 bits per heavy atom. The van der Waals surface area contributed by atoms with E-state index in [1.807, 2.05) is 19.3 Å². The Labute approximate surface area is 158 Å². The highest BCUT2D eigenvalue weighted by molar-refractivity contribution is 7.86. The van der Waals surface area contributed by atoms with Crippen LogP contribution in [0.2, 0.25) is 0 Å². The molecule has 0 aromatic carbocycles. The Bertz CT molecular complexity index is 1130. The number of aryl methyl sites for hydroxylation is 1. The summed E-state index contributed by atoms with van der Waals surface area (Å²) in [6, 6.07) is 6.76. The lowest BCUT2D eigenvalue weighted by molar-refractivity contribution is 0.159. The Hall–Kier alpha value is -2.19. The van der Waals surface area contributed by atoms with E-state index in [-0.39, 0.29) is 18.2 Å². The second kappa shape index (κ2) is 5.90. The van der Waals surface area contributed by atoms with Gasteiger partial charge in [0.25, 0.3) is 10.1 Å². The van der Waals surface area contributed by atoms with Crippen LogP contribution in [0.5, 0.6) is 0 Å². The van der Waals surface area contributed by atoms with Crippen LogP contribution in [0, 0.1) is 0 Å². The fourth-order valence-corrected chi connectivity index (χ4v) is 5.53. The number of hydrogen-bond donors (Lipinski definition) is 0. The summed E-state index contributed by atoms with van der Waals surface area (Å²) in [6.07, 6.45) is 8.14. The van der Waals surface area contributed by atoms with Crippen LogP contribution < -0.4 is 4.90 Å².